The van der Waals surface area contributed by atoms with Gasteiger partial charge in [-0.2, -0.15) is 0 Å². The van der Waals surface area contributed by atoms with Crippen molar-refractivity contribution < 1.29 is 9.53 Å². The first-order valence-electron chi connectivity index (χ1n) is 10.4. The second-order valence-electron chi connectivity index (χ2n) is 10.5. The van der Waals surface area contributed by atoms with Crippen LogP contribution in [0.4, 0.5) is 0 Å². The standard InChI is InChI=1S/C23H38O2/c1-7-8-13-22(5)18-14-17-10-12-20(25-21(2,3)4)23(17,6)15-16(18)9-11-19(22)24/h7,16-18,20H,1,8-15H2,2-6H3/t16-,17+,18-,20+,22+,23+/m1/s1. The van der Waals surface area contributed by atoms with Gasteiger partial charge >= 0.3 is 0 Å². The second-order valence-corrected chi connectivity index (χ2v) is 10.5. The van der Waals surface area contributed by atoms with E-state index in [1.807, 2.05) is 6.08 Å². The zero-order chi connectivity index (χ0) is 18.5. The molecule has 6 atom stereocenters. The van der Waals surface area contributed by atoms with Crippen molar-refractivity contribution in [2.45, 2.75) is 97.7 Å². The third-order valence-corrected chi connectivity index (χ3v) is 7.82. The average molecular weight is 347 g/mol. The number of ketones is 1. The van der Waals surface area contributed by atoms with Gasteiger partial charge in [0.15, 0.2) is 0 Å². The van der Waals surface area contributed by atoms with Gasteiger partial charge in [-0.05, 0) is 88.9 Å². The molecule has 0 aromatic carbocycles. The lowest BCUT2D eigenvalue weighted by atomic mass is 9.50. The van der Waals surface area contributed by atoms with Gasteiger partial charge in [-0.3, -0.25) is 4.79 Å². The zero-order valence-electron chi connectivity index (χ0n) is 17.1. The highest BCUT2D eigenvalue weighted by Gasteiger charge is 2.58. The number of allylic oxidation sites excluding steroid dienone is 1. The molecule has 0 N–H and O–H groups in total. The number of hydrogen-bond acceptors (Lipinski definition) is 2. The normalized spacial score (nSPS) is 44.3. The molecule has 0 radical (unpaired) electrons. The van der Waals surface area contributed by atoms with Crippen LogP contribution in [-0.2, 0) is 9.53 Å². The molecule has 3 aliphatic rings. The van der Waals surface area contributed by atoms with E-state index in [0.717, 1.165) is 31.6 Å². The van der Waals surface area contributed by atoms with E-state index in [-0.39, 0.29) is 11.0 Å². The SMILES string of the molecule is C=CCC[C@]1(C)C(=O)CC[C@@H]2C[C@@]3(C)[C@@H](CC[C@@H]3OC(C)(C)C)C[C@H]21. The largest absolute Gasteiger partial charge is 0.372 e. The fourth-order valence-electron chi connectivity index (χ4n) is 6.41. The third-order valence-electron chi connectivity index (χ3n) is 7.82. The molecule has 3 saturated carbocycles. The van der Waals surface area contributed by atoms with E-state index < -0.39 is 0 Å². The molecule has 0 saturated heterocycles. The van der Waals surface area contributed by atoms with Crippen molar-refractivity contribution in [2.24, 2.45) is 28.6 Å². The number of carbonyl (C=O) groups excluding carboxylic acids is 1. The summed E-state index contributed by atoms with van der Waals surface area (Å²) in [5.41, 5.74) is 0.107. The van der Waals surface area contributed by atoms with Crippen molar-refractivity contribution in [1.29, 1.82) is 0 Å². The van der Waals surface area contributed by atoms with E-state index in [4.69, 9.17) is 4.74 Å². The van der Waals surface area contributed by atoms with Gasteiger partial charge in [-0.25, -0.2) is 0 Å². The topological polar surface area (TPSA) is 26.3 Å². The first kappa shape index (κ1) is 19.1. The van der Waals surface area contributed by atoms with Crippen molar-refractivity contribution in [3.63, 3.8) is 0 Å². The Labute approximate surface area is 154 Å². The molecule has 3 fully saturated rings. The Balaban J connectivity index is 1.82. The third kappa shape index (κ3) is 3.36. The van der Waals surface area contributed by atoms with E-state index in [1.54, 1.807) is 0 Å². The fourth-order valence-corrected chi connectivity index (χ4v) is 6.41. The highest BCUT2D eigenvalue weighted by molar-refractivity contribution is 5.85. The predicted molar refractivity (Wildman–Crippen MR) is 103 cm³/mol. The van der Waals surface area contributed by atoms with Crippen LogP contribution in [0, 0.1) is 28.6 Å². The van der Waals surface area contributed by atoms with Crippen LogP contribution in [0.5, 0.6) is 0 Å². The van der Waals surface area contributed by atoms with Gasteiger partial charge in [-0.1, -0.05) is 19.9 Å². The van der Waals surface area contributed by atoms with E-state index in [0.29, 0.717) is 29.1 Å². The quantitative estimate of drug-likeness (QED) is 0.588. The van der Waals surface area contributed by atoms with Crippen LogP contribution in [0.2, 0.25) is 0 Å². The maximum absolute atomic E-state index is 12.8. The molecule has 0 aromatic rings. The molecule has 0 spiro atoms. The monoisotopic (exact) mass is 346 g/mol. The summed E-state index contributed by atoms with van der Waals surface area (Å²) in [5.74, 6) is 2.49. The Morgan fingerprint density at radius 2 is 1.96 bits per heavy atom. The van der Waals surface area contributed by atoms with Crippen LogP contribution >= 0.6 is 0 Å². The lowest BCUT2D eigenvalue weighted by molar-refractivity contribution is -0.155. The molecular weight excluding hydrogens is 308 g/mol. The summed E-state index contributed by atoms with van der Waals surface area (Å²) in [6.45, 7) is 15.2. The lowest BCUT2D eigenvalue weighted by Crippen LogP contribution is -2.52. The van der Waals surface area contributed by atoms with Crippen molar-refractivity contribution in [1.82, 2.24) is 0 Å². The summed E-state index contributed by atoms with van der Waals surface area (Å²) in [4.78, 5) is 12.8. The van der Waals surface area contributed by atoms with Crippen LogP contribution in [0.25, 0.3) is 0 Å². The molecule has 0 heterocycles. The number of ether oxygens (including phenoxy) is 1. The van der Waals surface area contributed by atoms with Crippen molar-refractivity contribution in [3.8, 4) is 0 Å². The molecule has 3 aliphatic carbocycles. The van der Waals surface area contributed by atoms with Crippen LogP contribution in [0.15, 0.2) is 12.7 Å². The van der Waals surface area contributed by atoms with Crippen LogP contribution in [0.3, 0.4) is 0 Å². The first-order valence-corrected chi connectivity index (χ1v) is 10.4. The fraction of sp³-hybridized carbons (Fsp3) is 0.870. The highest BCUT2D eigenvalue weighted by Crippen LogP contribution is 2.62. The summed E-state index contributed by atoms with van der Waals surface area (Å²) in [6.07, 6.45) is 11.1. The minimum atomic E-state index is -0.124. The van der Waals surface area contributed by atoms with Gasteiger partial charge in [-0.15, -0.1) is 6.58 Å². The van der Waals surface area contributed by atoms with Crippen molar-refractivity contribution in [3.05, 3.63) is 12.7 Å². The van der Waals surface area contributed by atoms with E-state index in [9.17, 15) is 4.79 Å². The lowest BCUT2D eigenvalue weighted by Gasteiger charge is -2.55. The molecule has 142 valence electrons. The summed E-state index contributed by atoms with van der Waals surface area (Å²) in [6, 6.07) is 0. The van der Waals surface area contributed by atoms with E-state index in [2.05, 4.69) is 41.2 Å². The molecule has 0 aliphatic heterocycles. The number of rotatable bonds is 4. The van der Waals surface area contributed by atoms with Gasteiger partial charge in [0.05, 0.1) is 11.7 Å². The molecule has 0 unspecified atom stereocenters. The zero-order valence-corrected chi connectivity index (χ0v) is 17.1. The Kier molecular flexibility index (Phi) is 4.99. The molecular formula is C23H38O2. The number of hydrogen-bond donors (Lipinski definition) is 0. The number of fused-ring (bicyclic) bond motifs is 2. The maximum atomic E-state index is 12.8. The Morgan fingerprint density at radius 3 is 2.60 bits per heavy atom. The number of carbonyl (C=O) groups is 1. The van der Waals surface area contributed by atoms with Gasteiger partial charge in [0, 0.05) is 11.8 Å². The Hall–Kier alpha value is -0.630. The van der Waals surface area contributed by atoms with E-state index >= 15 is 0 Å². The summed E-state index contributed by atoms with van der Waals surface area (Å²) < 4.78 is 6.51. The second kappa shape index (κ2) is 6.51. The van der Waals surface area contributed by atoms with Crippen LogP contribution in [-0.4, -0.2) is 17.5 Å². The minimum Gasteiger partial charge on any atom is -0.372 e. The van der Waals surface area contributed by atoms with Gasteiger partial charge in [0.1, 0.15) is 5.78 Å². The van der Waals surface area contributed by atoms with Crippen LogP contribution in [0.1, 0.15) is 86.0 Å². The summed E-state index contributed by atoms with van der Waals surface area (Å²) >= 11 is 0. The molecule has 3 rings (SSSR count). The summed E-state index contributed by atoms with van der Waals surface area (Å²) in [7, 11) is 0. The smallest absolute Gasteiger partial charge is 0.139 e. The predicted octanol–water partition coefficient (Wildman–Crippen LogP) is 5.95. The summed E-state index contributed by atoms with van der Waals surface area (Å²) in [5, 5.41) is 0. The highest BCUT2D eigenvalue weighted by atomic mass is 16.5. The first-order chi connectivity index (χ1) is 11.6. The minimum absolute atomic E-state index is 0.0690. The maximum Gasteiger partial charge on any atom is 0.139 e. The molecule has 2 nitrogen and oxygen atoms in total. The van der Waals surface area contributed by atoms with Crippen LogP contribution < -0.4 is 0 Å². The average Bonchev–Trinajstić information content (AvgIpc) is 2.82. The Bertz CT molecular complexity index is 531. The van der Waals surface area contributed by atoms with E-state index in [1.165, 1.54) is 25.7 Å². The molecule has 0 aromatic heterocycles. The van der Waals surface area contributed by atoms with Gasteiger partial charge in [0.2, 0.25) is 0 Å². The van der Waals surface area contributed by atoms with Gasteiger partial charge in [0.25, 0.3) is 0 Å². The van der Waals surface area contributed by atoms with Gasteiger partial charge < -0.3 is 4.74 Å². The Morgan fingerprint density at radius 1 is 1.24 bits per heavy atom. The molecule has 0 amide bonds. The molecule has 25 heavy (non-hydrogen) atoms. The number of Topliss-reactive ketones (excluding diaryl/α,β-unsaturated/α-hetero) is 1. The molecule has 0 bridgehead atoms. The van der Waals surface area contributed by atoms with Crippen molar-refractivity contribution >= 4 is 5.78 Å². The van der Waals surface area contributed by atoms with Crippen molar-refractivity contribution in [2.75, 3.05) is 0 Å². The molecule has 2 heteroatoms.